The first-order chi connectivity index (χ1) is 8.08. The first-order valence-corrected chi connectivity index (χ1v) is 6.19. The van der Waals surface area contributed by atoms with Crippen molar-refractivity contribution in [2.75, 3.05) is 33.3 Å². The van der Waals surface area contributed by atoms with E-state index in [1.165, 1.54) is 18.4 Å². The van der Waals surface area contributed by atoms with Gasteiger partial charge in [0.25, 0.3) is 0 Å². The van der Waals surface area contributed by atoms with Gasteiger partial charge in [0.2, 0.25) is 0 Å². The van der Waals surface area contributed by atoms with Crippen molar-refractivity contribution in [3.05, 3.63) is 0 Å². The number of carbonyl (C=O) groups excluding carboxylic acids is 2. The van der Waals surface area contributed by atoms with Crippen LogP contribution in [-0.4, -0.2) is 55.1 Å². The number of methoxy groups -OCH3 is 1. The van der Waals surface area contributed by atoms with E-state index in [0.717, 1.165) is 19.5 Å². The van der Waals surface area contributed by atoms with Crippen LogP contribution < -0.4 is 0 Å². The second kappa shape index (κ2) is 6.47. The molecule has 0 spiro atoms. The van der Waals surface area contributed by atoms with Gasteiger partial charge in [-0.25, -0.2) is 4.79 Å². The van der Waals surface area contributed by atoms with Crippen molar-refractivity contribution in [3.63, 3.8) is 0 Å². The minimum atomic E-state index is -0.370. The molecular weight excluding hydrogens is 220 g/mol. The lowest BCUT2D eigenvalue weighted by atomic mass is 10.0. The third-order valence-electron chi connectivity index (χ3n) is 3.13. The Morgan fingerprint density at radius 1 is 1.47 bits per heavy atom. The van der Waals surface area contributed by atoms with Gasteiger partial charge in [0.15, 0.2) is 0 Å². The standard InChI is InChI=1S/C12H22N2O3/c1-4-13(9-11(15)17-3)12(16)14-7-5-6-10(2)8-14/h10H,4-9H2,1-3H3. The second-order valence-corrected chi connectivity index (χ2v) is 4.57. The summed E-state index contributed by atoms with van der Waals surface area (Å²) in [6.07, 6.45) is 2.22. The van der Waals surface area contributed by atoms with Crippen LogP contribution in [0.4, 0.5) is 4.79 Å². The zero-order valence-electron chi connectivity index (χ0n) is 10.9. The summed E-state index contributed by atoms with van der Waals surface area (Å²) < 4.78 is 4.59. The quantitative estimate of drug-likeness (QED) is 0.702. The van der Waals surface area contributed by atoms with Gasteiger partial charge in [-0.1, -0.05) is 6.92 Å². The monoisotopic (exact) mass is 242 g/mol. The minimum Gasteiger partial charge on any atom is -0.468 e. The van der Waals surface area contributed by atoms with Crippen LogP contribution in [0.15, 0.2) is 0 Å². The number of hydrogen-bond acceptors (Lipinski definition) is 3. The first-order valence-electron chi connectivity index (χ1n) is 6.19. The van der Waals surface area contributed by atoms with Crippen molar-refractivity contribution in [3.8, 4) is 0 Å². The Hall–Kier alpha value is -1.26. The summed E-state index contributed by atoms with van der Waals surface area (Å²) in [5.74, 6) is 0.176. The largest absolute Gasteiger partial charge is 0.468 e. The van der Waals surface area contributed by atoms with Crippen molar-refractivity contribution >= 4 is 12.0 Å². The van der Waals surface area contributed by atoms with Crippen LogP contribution in [0.3, 0.4) is 0 Å². The molecule has 0 radical (unpaired) electrons. The number of ether oxygens (including phenoxy) is 1. The van der Waals surface area contributed by atoms with Crippen LogP contribution in [0.25, 0.3) is 0 Å². The van der Waals surface area contributed by atoms with E-state index in [-0.39, 0.29) is 18.5 Å². The number of amides is 2. The van der Waals surface area contributed by atoms with E-state index >= 15 is 0 Å². The lowest BCUT2D eigenvalue weighted by Crippen LogP contribution is -2.48. The van der Waals surface area contributed by atoms with Crippen molar-refractivity contribution in [1.29, 1.82) is 0 Å². The molecule has 1 aliphatic rings. The van der Waals surface area contributed by atoms with E-state index in [4.69, 9.17) is 0 Å². The molecule has 1 aliphatic heterocycles. The van der Waals surface area contributed by atoms with Gasteiger partial charge in [-0.05, 0) is 25.7 Å². The smallest absolute Gasteiger partial charge is 0.325 e. The molecule has 1 atom stereocenters. The van der Waals surface area contributed by atoms with Crippen LogP contribution in [-0.2, 0) is 9.53 Å². The lowest BCUT2D eigenvalue weighted by Gasteiger charge is -2.34. The van der Waals surface area contributed by atoms with Crippen LogP contribution in [0.1, 0.15) is 26.7 Å². The molecule has 0 aliphatic carbocycles. The molecule has 1 saturated heterocycles. The number of likely N-dealkylation sites (tertiary alicyclic amines) is 1. The van der Waals surface area contributed by atoms with Crippen LogP contribution in [0, 0.1) is 5.92 Å². The number of esters is 1. The van der Waals surface area contributed by atoms with Crippen molar-refractivity contribution in [2.45, 2.75) is 26.7 Å². The fourth-order valence-electron chi connectivity index (χ4n) is 2.10. The molecule has 0 aromatic rings. The van der Waals surface area contributed by atoms with Crippen LogP contribution in [0.5, 0.6) is 0 Å². The molecule has 5 heteroatoms. The van der Waals surface area contributed by atoms with E-state index in [2.05, 4.69) is 11.7 Å². The number of nitrogens with zero attached hydrogens (tertiary/aromatic N) is 2. The maximum atomic E-state index is 12.2. The molecule has 0 bridgehead atoms. The predicted octanol–water partition coefficient (Wildman–Crippen LogP) is 1.33. The molecule has 2 amide bonds. The Morgan fingerprint density at radius 2 is 2.18 bits per heavy atom. The van der Waals surface area contributed by atoms with Crippen LogP contribution in [0.2, 0.25) is 0 Å². The van der Waals surface area contributed by atoms with Crippen molar-refractivity contribution in [1.82, 2.24) is 9.80 Å². The van der Waals surface area contributed by atoms with E-state index in [9.17, 15) is 9.59 Å². The van der Waals surface area contributed by atoms with E-state index < -0.39 is 0 Å². The third kappa shape index (κ3) is 3.91. The van der Waals surface area contributed by atoms with Crippen LogP contribution >= 0.6 is 0 Å². The fraction of sp³-hybridized carbons (Fsp3) is 0.833. The molecule has 98 valence electrons. The Balaban J connectivity index is 2.55. The molecule has 0 saturated carbocycles. The molecule has 0 aromatic heterocycles. The van der Waals surface area contributed by atoms with E-state index in [1.54, 1.807) is 0 Å². The highest BCUT2D eigenvalue weighted by Gasteiger charge is 2.25. The number of piperidine rings is 1. The molecule has 1 fully saturated rings. The average Bonchev–Trinajstić information content (AvgIpc) is 2.34. The highest BCUT2D eigenvalue weighted by Crippen LogP contribution is 2.16. The van der Waals surface area contributed by atoms with E-state index in [1.807, 2.05) is 11.8 Å². The van der Waals surface area contributed by atoms with Gasteiger partial charge >= 0.3 is 12.0 Å². The lowest BCUT2D eigenvalue weighted by molar-refractivity contribution is -0.141. The maximum Gasteiger partial charge on any atom is 0.325 e. The fourth-order valence-corrected chi connectivity index (χ4v) is 2.10. The summed E-state index contributed by atoms with van der Waals surface area (Å²) in [4.78, 5) is 26.7. The van der Waals surface area contributed by atoms with Gasteiger partial charge in [-0.15, -0.1) is 0 Å². The highest BCUT2D eigenvalue weighted by molar-refractivity contribution is 5.81. The summed E-state index contributed by atoms with van der Waals surface area (Å²) >= 11 is 0. The van der Waals surface area contributed by atoms with Gasteiger partial charge in [0.1, 0.15) is 6.54 Å². The molecule has 0 N–H and O–H groups in total. The summed E-state index contributed by atoms with van der Waals surface area (Å²) in [5, 5.41) is 0. The molecule has 1 heterocycles. The van der Waals surface area contributed by atoms with Crippen molar-refractivity contribution < 1.29 is 14.3 Å². The number of likely N-dealkylation sites (N-methyl/N-ethyl adjacent to an activating group) is 1. The maximum absolute atomic E-state index is 12.2. The summed E-state index contributed by atoms with van der Waals surface area (Å²) in [7, 11) is 1.34. The van der Waals surface area contributed by atoms with Crippen molar-refractivity contribution in [2.24, 2.45) is 5.92 Å². The van der Waals surface area contributed by atoms with Gasteiger partial charge < -0.3 is 14.5 Å². The highest BCUT2D eigenvalue weighted by atomic mass is 16.5. The number of urea groups is 1. The average molecular weight is 242 g/mol. The van der Waals surface area contributed by atoms with E-state index in [0.29, 0.717) is 12.5 Å². The Labute approximate surface area is 103 Å². The summed E-state index contributed by atoms with van der Waals surface area (Å²) in [6.45, 7) is 6.16. The molecular formula is C12H22N2O3. The zero-order valence-corrected chi connectivity index (χ0v) is 10.9. The number of carbonyl (C=O) groups is 2. The Kier molecular flexibility index (Phi) is 5.25. The van der Waals surface area contributed by atoms with Gasteiger partial charge in [0, 0.05) is 19.6 Å². The summed E-state index contributed by atoms with van der Waals surface area (Å²) in [6, 6.07) is -0.0514. The minimum absolute atomic E-state index is 0.0384. The molecule has 0 aromatic carbocycles. The molecule has 1 unspecified atom stereocenters. The van der Waals surface area contributed by atoms with Gasteiger partial charge in [-0.3, -0.25) is 4.79 Å². The third-order valence-corrected chi connectivity index (χ3v) is 3.13. The molecule has 1 rings (SSSR count). The zero-order chi connectivity index (χ0) is 12.8. The number of hydrogen-bond donors (Lipinski definition) is 0. The van der Waals surface area contributed by atoms with Gasteiger partial charge in [0.05, 0.1) is 7.11 Å². The Bertz CT molecular complexity index is 281. The molecule has 5 nitrogen and oxygen atoms in total. The first kappa shape index (κ1) is 13.8. The molecule has 17 heavy (non-hydrogen) atoms. The SMILES string of the molecule is CCN(CC(=O)OC)C(=O)N1CCCC(C)C1. The Morgan fingerprint density at radius 3 is 2.71 bits per heavy atom. The normalized spacial score (nSPS) is 19.9. The summed E-state index contributed by atoms with van der Waals surface area (Å²) in [5.41, 5.74) is 0. The predicted molar refractivity (Wildman–Crippen MR) is 64.6 cm³/mol. The van der Waals surface area contributed by atoms with Gasteiger partial charge in [-0.2, -0.15) is 0 Å². The second-order valence-electron chi connectivity index (χ2n) is 4.57. The number of rotatable bonds is 3. The topological polar surface area (TPSA) is 49.9 Å².